The number of carbonyl (C=O) groups excluding carboxylic acids is 1. The quantitative estimate of drug-likeness (QED) is 0.740. The number of para-hydroxylation sites is 1. The van der Waals surface area contributed by atoms with E-state index in [9.17, 15) is 9.90 Å². The molecule has 0 bridgehead atoms. The van der Waals surface area contributed by atoms with Crippen LogP contribution in [0, 0.1) is 0 Å². The fourth-order valence-electron chi connectivity index (χ4n) is 2.58. The lowest BCUT2D eigenvalue weighted by atomic mass is 10.0. The highest BCUT2D eigenvalue weighted by Crippen LogP contribution is 2.40. The minimum Gasteiger partial charge on any atom is -0.499 e. The summed E-state index contributed by atoms with van der Waals surface area (Å²) in [6, 6.07) is 15.1. The highest BCUT2D eigenvalue weighted by Gasteiger charge is 2.24. The molecule has 1 N–H and O–H groups in total. The number of benzene rings is 2. The lowest BCUT2D eigenvalue weighted by Gasteiger charge is -2.00. The fourth-order valence-corrected chi connectivity index (χ4v) is 3.53. The predicted octanol–water partition coefficient (Wildman–Crippen LogP) is 1.97. The summed E-state index contributed by atoms with van der Waals surface area (Å²) in [6.07, 6.45) is 0. The van der Waals surface area contributed by atoms with Gasteiger partial charge in [-0.1, -0.05) is 47.7 Å². The molecule has 0 saturated carbocycles. The van der Waals surface area contributed by atoms with E-state index >= 15 is 0 Å². The van der Waals surface area contributed by atoms with E-state index in [1.807, 2.05) is 48.5 Å². The Balaban J connectivity index is 2.19. The molecule has 1 aliphatic rings. The Morgan fingerprint density at radius 1 is 1.00 bits per heavy atom. The molecule has 0 radical (unpaired) electrons. The van der Waals surface area contributed by atoms with Crippen molar-refractivity contribution in [2.75, 3.05) is 0 Å². The van der Waals surface area contributed by atoms with E-state index in [1.165, 1.54) is 11.3 Å². The number of aromatic hydroxyl groups is 1. The van der Waals surface area contributed by atoms with Crippen molar-refractivity contribution < 1.29 is 9.90 Å². The zero-order chi connectivity index (χ0) is 13.7. The van der Waals surface area contributed by atoms with Crippen LogP contribution in [0.3, 0.4) is 0 Å². The number of carbonyl (C=O) groups is 1. The summed E-state index contributed by atoms with van der Waals surface area (Å²) in [7, 11) is 0. The van der Waals surface area contributed by atoms with Crippen molar-refractivity contribution in [3.05, 3.63) is 64.7 Å². The molecular weight excluding hydrogens is 270 g/mol. The highest BCUT2D eigenvalue weighted by atomic mass is 32.1. The highest BCUT2D eigenvalue weighted by molar-refractivity contribution is 7.21. The van der Waals surface area contributed by atoms with Gasteiger partial charge in [0.1, 0.15) is 0 Å². The standard InChI is InChI=1S/C16H9NO2S/c18-15-13(9-5-1-3-7-11(9)17-15)14-10-6-2-4-8-12(10)20-16(14)19/h1-8,19H. The lowest BCUT2D eigenvalue weighted by Crippen LogP contribution is -2.22. The van der Waals surface area contributed by atoms with Crippen molar-refractivity contribution in [2.24, 2.45) is 4.99 Å². The van der Waals surface area contributed by atoms with Gasteiger partial charge in [-0.25, -0.2) is 4.99 Å². The zero-order valence-electron chi connectivity index (χ0n) is 10.3. The van der Waals surface area contributed by atoms with E-state index in [4.69, 9.17) is 0 Å². The number of fused-ring (bicyclic) bond motifs is 2. The second-order valence-corrected chi connectivity index (χ2v) is 5.62. The van der Waals surface area contributed by atoms with Crippen LogP contribution in [0.2, 0.25) is 0 Å². The Labute approximate surface area is 118 Å². The van der Waals surface area contributed by atoms with Gasteiger partial charge in [-0.15, -0.1) is 0 Å². The van der Waals surface area contributed by atoms with Gasteiger partial charge in [0, 0.05) is 20.9 Å². The molecule has 20 heavy (non-hydrogen) atoms. The SMILES string of the molecule is O=C1N=c2ccccc2=C1c1c(O)sc2ccccc12. The third-order valence-electron chi connectivity index (χ3n) is 3.44. The summed E-state index contributed by atoms with van der Waals surface area (Å²) in [4.78, 5) is 16.3. The van der Waals surface area contributed by atoms with Gasteiger partial charge in [0.25, 0.3) is 5.91 Å². The zero-order valence-corrected chi connectivity index (χ0v) is 11.1. The minimum absolute atomic E-state index is 0.168. The lowest BCUT2D eigenvalue weighted by molar-refractivity contribution is -0.112. The van der Waals surface area contributed by atoms with Crippen molar-refractivity contribution >= 4 is 32.9 Å². The first kappa shape index (κ1) is 11.4. The van der Waals surface area contributed by atoms with Crippen molar-refractivity contribution in [1.82, 2.24) is 0 Å². The van der Waals surface area contributed by atoms with Crippen molar-refractivity contribution in [3.8, 4) is 5.06 Å². The summed E-state index contributed by atoms with van der Waals surface area (Å²) in [6.45, 7) is 0. The van der Waals surface area contributed by atoms with Gasteiger partial charge in [0.15, 0.2) is 5.06 Å². The molecule has 1 aliphatic heterocycles. The topological polar surface area (TPSA) is 49.7 Å². The van der Waals surface area contributed by atoms with Crippen molar-refractivity contribution in [3.63, 3.8) is 0 Å². The molecule has 3 nitrogen and oxygen atoms in total. The minimum atomic E-state index is -0.287. The van der Waals surface area contributed by atoms with Gasteiger partial charge in [0.2, 0.25) is 0 Å². The molecule has 0 aliphatic carbocycles. The smallest absolute Gasteiger partial charge is 0.279 e. The van der Waals surface area contributed by atoms with Crippen LogP contribution < -0.4 is 10.6 Å². The van der Waals surface area contributed by atoms with Crippen molar-refractivity contribution in [1.29, 1.82) is 0 Å². The number of nitrogens with zero attached hydrogens (tertiary/aromatic N) is 1. The first-order valence-electron chi connectivity index (χ1n) is 6.19. The summed E-state index contributed by atoms with van der Waals surface area (Å²) < 4.78 is 0.963. The van der Waals surface area contributed by atoms with E-state index < -0.39 is 0 Å². The molecule has 1 amide bonds. The third-order valence-corrected chi connectivity index (χ3v) is 4.41. The van der Waals surface area contributed by atoms with Crippen LogP contribution in [0.1, 0.15) is 5.56 Å². The van der Waals surface area contributed by atoms with Gasteiger partial charge in [-0.2, -0.15) is 0 Å². The molecule has 4 rings (SSSR count). The Morgan fingerprint density at radius 2 is 1.75 bits per heavy atom. The third kappa shape index (κ3) is 1.45. The van der Waals surface area contributed by atoms with Crippen LogP contribution in [0.15, 0.2) is 53.5 Å². The Hall–Kier alpha value is -2.46. The van der Waals surface area contributed by atoms with Crippen LogP contribution in [-0.4, -0.2) is 11.0 Å². The maximum Gasteiger partial charge on any atom is 0.279 e. The monoisotopic (exact) mass is 279 g/mol. The van der Waals surface area contributed by atoms with E-state index in [0.717, 1.165) is 15.3 Å². The normalized spacial score (nSPS) is 13.6. The fraction of sp³-hybridized carbons (Fsp3) is 0. The molecule has 0 fully saturated rings. The second-order valence-electron chi connectivity index (χ2n) is 4.59. The number of hydrogen-bond donors (Lipinski definition) is 1. The van der Waals surface area contributed by atoms with Crippen LogP contribution in [-0.2, 0) is 4.79 Å². The Morgan fingerprint density at radius 3 is 2.65 bits per heavy atom. The van der Waals surface area contributed by atoms with Crippen LogP contribution in [0.4, 0.5) is 0 Å². The Bertz CT molecular complexity index is 985. The van der Waals surface area contributed by atoms with E-state index in [-0.39, 0.29) is 11.0 Å². The molecule has 1 aromatic heterocycles. The molecular formula is C16H9NO2S. The average Bonchev–Trinajstić information content (AvgIpc) is 2.94. The number of thiophene rings is 1. The first-order valence-corrected chi connectivity index (χ1v) is 7.00. The average molecular weight is 279 g/mol. The number of amides is 1. The number of hydrogen-bond acceptors (Lipinski definition) is 3. The molecule has 4 heteroatoms. The molecule has 0 unspecified atom stereocenters. The van der Waals surface area contributed by atoms with Crippen LogP contribution >= 0.6 is 11.3 Å². The van der Waals surface area contributed by atoms with Gasteiger partial charge in [0.05, 0.1) is 10.9 Å². The molecule has 2 aromatic carbocycles. The van der Waals surface area contributed by atoms with Crippen molar-refractivity contribution in [2.45, 2.75) is 0 Å². The summed E-state index contributed by atoms with van der Waals surface area (Å²) in [5, 5.41) is 12.8. The van der Waals surface area contributed by atoms with Gasteiger partial charge < -0.3 is 5.11 Å². The van der Waals surface area contributed by atoms with E-state index in [2.05, 4.69) is 4.99 Å². The van der Waals surface area contributed by atoms with Gasteiger partial charge >= 0.3 is 0 Å². The van der Waals surface area contributed by atoms with Crippen LogP contribution in [0.25, 0.3) is 15.7 Å². The van der Waals surface area contributed by atoms with Gasteiger partial charge in [-0.05, 0) is 12.1 Å². The first-order chi connectivity index (χ1) is 9.75. The molecule has 0 spiro atoms. The second kappa shape index (κ2) is 4.02. The summed E-state index contributed by atoms with van der Waals surface area (Å²) in [5.74, 6) is -0.287. The molecule has 0 atom stereocenters. The van der Waals surface area contributed by atoms with E-state index in [0.29, 0.717) is 16.5 Å². The Kier molecular flexibility index (Phi) is 2.28. The molecule has 0 saturated heterocycles. The summed E-state index contributed by atoms with van der Waals surface area (Å²) >= 11 is 1.28. The van der Waals surface area contributed by atoms with Crippen LogP contribution in [0.5, 0.6) is 5.06 Å². The maximum absolute atomic E-state index is 12.2. The van der Waals surface area contributed by atoms with E-state index in [1.54, 1.807) is 0 Å². The molecule has 2 heterocycles. The predicted molar refractivity (Wildman–Crippen MR) is 78.2 cm³/mol. The maximum atomic E-state index is 12.2. The van der Waals surface area contributed by atoms with Gasteiger partial charge in [-0.3, -0.25) is 4.79 Å². The largest absolute Gasteiger partial charge is 0.499 e. The molecule has 96 valence electrons. The number of rotatable bonds is 1. The molecule has 3 aromatic rings. The summed E-state index contributed by atoms with van der Waals surface area (Å²) in [5.41, 5.74) is 1.10.